The highest BCUT2D eigenvalue weighted by molar-refractivity contribution is 5.93. The van der Waals surface area contributed by atoms with Gasteiger partial charge >= 0.3 is 0 Å². The van der Waals surface area contributed by atoms with Gasteiger partial charge in [-0.25, -0.2) is 0 Å². The first-order valence-electron chi connectivity index (χ1n) is 5.76. The van der Waals surface area contributed by atoms with E-state index in [1.807, 2.05) is 39.0 Å². The molecule has 0 saturated heterocycles. The van der Waals surface area contributed by atoms with Crippen molar-refractivity contribution in [2.75, 3.05) is 11.1 Å². The summed E-state index contributed by atoms with van der Waals surface area (Å²) in [7, 11) is 0. The Labute approximate surface area is 97.0 Å². The van der Waals surface area contributed by atoms with E-state index in [9.17, 15) is 4.79 Å². The third-order valence-corrected chi connectivity index (χ3v) is 2.99. The molecular weight excluding hydrogens is 200 g/mol. The summed E-state index contributed by atoms with van der Waals surface area (Å²) in [6.07, 6.45) is 1.73. The van der Waals surface area contributed by atoms with Crippen LogP contribution in [0.1, 0.15) is 32.3 Å². The Bertz CT molecular complexity index is 370. The van der Waals surface area contributed by atoms with Gasteiger partial charge in [0.25, 0.3) is 0 Å². The van der Waals surface area contributed by atoms with E-state index < -0.39 is 0 Å². The van der Waals surface area contributed by atoms with Crippen LogP contribution in [-0.4, -0.2) is 5.91 Å². The second kappa shape index (κ2) is 5.54. The number of amides is 1. The number of nitrogens with two attached hydrogens (primary N) is 1. The van der Waals surface area contributed by atoms with Crippen molar-refractivity contribution in [2.45, 2.75) is 33.6 Å². The molecular formula is C13H20N2O. The predicted octanol–water partition coefficient (Wildman–Crippen LogP) is 2.95. The Morgan fingerprint density at radius 1 is 1.38 bits per heavy atom. The van der Waals surface area contributed by atoms with Crippen molar-refractivity contribution in [3.8, 4) is 0 Å². The summed E-state index contributed by atoms with van der Waals surface area (Å²) in [5.41, 5.74) is 8.25. The minimum atomic E-state index is 0.0821. The molecule has 3 heteroatoms. The van der Waals surface area contributed by atoms with Gasteiger partial charge in [-0.1, -0.05) is 19.9 Å². The number of rotatable bonds is 4. The van der Waals surface area contributed by atoms with Crippen molar-refractivity contribution in [3.05, 3.63) is 23.8 Å². The summed E-state index contributed by atoms with van der Waals surface area (Å²) >= 11 is 0. The van der Waals surface area contributed by atoms with Gasteiger partial charge in [-0.15, -0.1) is 0 Å². The average Bonchev–Trinajstić information content (AvgIpc) is 2.26. The second-order valence-electron chi connectivity index (χ2n) is 4.02. The number of nitrogen functional groups attached to an aromatic ring is 1. The molecule has 3 nitrogen and oxygen atoms in total. The van der Waals surface area contributed by atoms with Gasteiger partial charge in [-0.3, -0.25) is 4.79 Å². The lowest BCUT2D eigenvalue weighted by Crippen LogP contribution is -2.22. The molecule has 0 aliphatic rings. The standard InChI is InChI=1S/C13H20N2O/c1-4-10(5-2)13(16)15-12-8-6-7-11(14)9(12)3/h6-8,10H,4-5,14H2,1-3H3,(H,15,16). The van der Waals surface area contributed by atoms with Gasteiger partial charge in [0.05, 0.1) is 0 Å². The van der Waals surface area contributed by atoms with Gasteiger partial charge < -0.3 is 11.1 Å². The van der Waals surface area contributed by atoms with Crippen LogP contribution in [0.15, 0.2) is 18.2 Å². The van der Waals surface area contributed by atoms with Crippen LogP contribution in [0.3, 0.4) is 0 Å². The molecule has 0 fully saturated rings. The summed E-state index contributed by atoms with van der Waals surface area (Å²) in [5.74, 6) is 0.166. The van der Waals surface area contributed by atoms with Crippen LogP contribution in [0, 0.1) is 12.8 Å². The lowest BCUT2D eigenvalue weighted by atomic mass is 10.0. The van der Waals surface area contributed by atoms with Crippen molar-refractivity contribution in [3.63, 3.8) is 0 Å². The minimum absolute atomic E-state index is 0.0821. The van der Waals surface area contributed by atoms with Crippen LogP contribution >= 0.6 is 0 Å². The molecule has 0 saturated carbocycles. The Balaban J connectivity index is 2.80. The number of nitrogens with one attached hydrogen (secondary N) is 1. The molecule has 1 aromatic rings. The highest BCUT2D eigenvalue weighted by atomic mass is 16.1. The number of hydrogen-bond donors (Lipinski definition) is 2. The molecule has 0 aromatic heterocycles. The maximum atomic E-state index is 11.9. The van der Waals surface area contributed by atoms with E-state index >= 15 is 0 Å². The van der Waals surface area contributed by atoms with Crippen LogP contribution in [0.2, 0.25) is 0 Å². The van der Waals surface area contributed by atoms with Crippen LogP contribution in [-0.2, 0) is 4.79 Å². The van der Waals surface area contributed by atoms with E-state index in [2.05, 4.69) is 5.32 Å². The van der Waals surface area contributed by atoms with E-state index in [4.69, 9.17) is 5.73 Å². The number of benzene rings is 1. The molecule has 0 spiro atoms. The highest BCUT2D eigenvalue weighted by Crippen LogP contribution is 2.21. The Morgan fingerprint density at radius 3 is 2.56 bits per heavy atom. The molecule has 1 rings (SSSR count). The first kappa shape index (κ1) is 12.6. The molecule has 0 radical (unpaired) electrons. The van der Waals surface area contributed by atoms with Crippen LogP contribution in [0.4, 0.5) is 11.4 Å². The Morgan fingerprint density at radius 2 is 2.00 bits per heavy atom. The van der Waals surface area contributed by atoms with Crippen molar-refractivity contribution < 1.29 is 4.79 Å². The molecule has 0 atom stereocenters. The van der Waals surface area contributed by atoms with Crippen molar-refractivity contribution >= 4 is 17.3 Å². The zero-order valence-corrected chi connectivity index (χ0v) is 10.2. The largest absolute Gasteiger partial charge is 0.398 e. The molecule has 0 bridgehead atoms. The number of carbonyl (C=O) groups is 1. The van der Waals surface area contributed by atoms with Crippen molar-refractivity contribution in [1.82, 2.24) is 0 Å². The minimum Gasteiger partial charge on any atom is -0.398 e. The second-order valence-corrected chi connectivity index (χ2v) is 4.02. The fourth-order valence-electron chi connectivity index (χ4n) is 1.68. The molecule has 3 N–H and O–H groups in total. The van der Waals surface area contributed by atoms with Gasteiger partial charge in [0, 0.05) is 17.3 Å². The molecule has 1 aromatic carbocycles. The summed E-state index contributed by atoms with van der Waals surface area (Å²) < 4.78 is 0. The van der Waals surface area contributed by atoms with E-state index in [0.29, 0.717) is 5.69 Å². The van der Waals surface area contributed by atoms with Crippen LogP contribution < -0.4 is 11.1 Å². The number of anilines is 2. The molecule has 0 aliphatic heterocycles. The Kier molecular flexibility index (Phi) is 4.35. The highest BCUT2D eigenvalue weighted by Gasteiger charge is 2.15. The lowest BCUT2D eigenvalue weighted by Gasteiger charge is -2.15. The predicted molar refractivity (Wildman–Crippen MR) is 68.3 cm³/mol. The van der Waals surface area contributed by atoms with Gasteiger partial charge in [0.1, 0.15) is 0 Å². The topological polar surface area (TPSA) is 55.1 Å². The fraction of sp³-hybridized carbons (Fsp3) is 0.462. The molecule has 0 unspecified atom stereocenters. The van der Waals surface area contributed by atoms with Crippen LogP contribution in [0.25, 0.3) is 0 Å². The van der Waals surface area contributed by atoms with E-state index in [1.54, 1.807) is 0 Å². The lowest BCUT2D eigenvalue weighted by molar-refractivity contribution is -0.120. The Hall–Kier alpha value is -1.51. The molecule has 1 amide bonds. The molecule has 16 heavy (non-hydrogen) atoms. The molecule has 0 aliphatic carbocycles. The SMILES string of the molecule is CCC(CC)C(=O)Nc1cccc(N)c1C. The third kappa shape index (κ3) is 2.75. The monoisotopic (exact) mass is 220 g/mol. The third-order valence-electron chi connectivity index (χ3n) is 2.99. The fourth-order valence-corrected chi connectivity index (χ4v) is 1.68. The molecule has 0 heterocycles. The zero-order valence-electron chi connectivity index (χ0n) is 10.2. The van der Waals surface area contributed by atoms with Crippen molar-refractivity contribution in [1.29, 1.82) is 0 Å². The summed E-state index contributed by atoms with van der Waals surface area (Å²) in [6, 6.07) is 5.57. The zero-order chi connectivity index (χ0) is 12.1. The average molecular weight is 220 g/mol. The van der Waals surface area contributed by atoms with Gasteiger partial charge in [0.2, 0.25) is 5.91 Å². The summed E-state index contributed by atoms with van der Waals surface area (Å²) in [6.45, 7) is 5.97. The van der Waals surface area contributed by atoms with Gasteiger partial charge in [0.15, 0.2) is 0 Å². The van der Waals surface area contributed by atoms with Crippen molar-refractivity contribution in [2.24, 2.45) is 5.92 Å². The maximum absolute atomic E-state index is 11.9. The van der Waals surface area contributed by atoms with Crippen LogP contribution in [0.5, 0.6) is 0 Å². The van der Waals surface area contributed by atoms with E-state index in [1.165, 1.54) is 0 Å². The normalized spacial score (nSPS) is 10.5. The summed E-state index contributed by atoms with van der Waals surface area (Å²) in [5, 5.41) is 2.93. The number of carbonyl (C=O) groups excluding carboxylic acids is 1. The van der Waals surface area contributed by atoms with E-state index in [0.717, 1.165) is 24.1 Å². The van der Waals surface area contributed by atoms with Gasteiger partial charge in [-0.2, -0.15) is 0 Å². The number of hydrogen-bond acceptors (Lipinski definition) is 2. The van der Waals surface area contributed by atoms with E-state index in [-0.39, 0.29) is 11.8 Å². The smallest absolute Gasteiger partial charge is 0.227 e. The quantitative estimate of drug-likeness (QED) is 0.766. The molecule has 88 valence electrons. The first-order valence-corrected chi connectivity index (χ1v) is 5.76. The first-order chi connectivity index (χ1) is 7.60. The maximum Gasteiger partial charge on any atom is 0.227 e. The summed E-state index contributed by atoms with van der Waals surface area (Å²) in [4.78, 5) is 11.9. The van der Waals surface area contributed by atoms with Gasteiger partial charge in [-0.05, 0) is 37.5 Å².